The van der Waals surface area contributed by atoms with Crippen LogP contribution in [0.1, 0.15) is 30.2 Å². The highest BCUT2D eigenvalue weighted by Gasteiger charge is 2.16. The lowest BCUT2D eigenvalue weighted by molar-refractivity contribution is 0.102. The molecule has 0 atom stereocenters. The molecule has 0 aliphatic carbocycles. The molecule has 0 saturated carbocycles. The van der Waals surface area contributed by atoms with Crippen LogP contribution in [0.4, 0.5) is 6.01 Å². The van der Waals surface area contributed by atoms with Crippen LogP contribution >= 0.6 is 0 Å². The van der Waals surface area contributed by atoms with Gasteiger partial charge in [0.05, 0.1) is 0 Å². The van der Waals surface area contributed by atoms with Gasteiger partial charge in [-0.3, -0.25) is 14.8 Å². The quantitative estimate of drug-likeness (QED) is 0.605. The topological polar surface area (TPSA) is 85.8 Å². The number of hydrogen-bond donors (Lipinski definition) is 1. The summed E-state index contributed by atoms with van der Waals surface area (Å²) in [6.45, 7) is 4.06. The van der Waals surface area contributed by atoms with Crippen LogP contribution in [0.2, 0.25) is 0 Å². The average molecular weight is 347 g/mol. The van der Waals surface area contributed by atoms with E-state index in [1.54, 1.807) is 16.8 Å². The number of carbonyl (C=O) groups is 1. The van der Waals surface area contributed by atoms with Gasteiger partial charge < -0.3 is 4.42 Å². The minimum Gasteiger partial charge on any atom is -0.401 e. The molecule has 0 fully saturated rings. The molecule has 130 valence electrons. The summed E-state index contributed by atoms with van der Waals surface area (Å²) in [7, 11) is 0. The number of fused-ring (bicyclic) bond motifs is 1. The molecule has 0 aliphatic heterocycles. The lowest BCUT2D eigenvalue weighted by atomic mass is 10.0. The molecule has 0 unspecified atom stereocenters. The zero-order valence-electron chi connectivity index (χ0n) is 14.4. The third-order valence-electron chi connectivity index (χ3n) is 4.04. The van der Waals surface area contributed by atoms with Gasteiger partial charge >= 0.3 is 6.01 Å². The molecule has 2 heterocycles. The number of hydrogen-bond acceptors (Lipinski definition) is 5. The van der Waals surface area contributed by atoms with Crippen LogP contribution in [0.15, 0.2) is 59.1 Å². The average Bonchev–Trinajstić information content (AvgIpc) is 3.30. The number of nitrogens with one attached hydrogen (secondary N) is 1. The first-order valence-electron chi connectivity index (χ1n) is 8.30. The lowest BCUT2D eigenvalue weighted by Crippen LogP contribution is -2.12. The summed E-state index contributed by atoms with van der Waals surface area (Å²) in [5, 5.41) is 16.7. The van der Waals surface area contributed by atoms with Crippen LogP contribution in [0.5, 0.6) is 0 Å². The fourth-order valence-electron chi connectivity index (χ4n) is 2.70. The van der Waals surface area contributed by atoms with E-state index in [1.165, 1.54) is 0 Å². The zero-order chi connectivity index (χ0) is 18.1. The summed E-state index contributed by atoms with van der Waals surface area (Å²) in [5.41, 5.74) is 1.11. The van der Waals surface area contributed by atoms with Crippen molar-refractivity contribution >= 4 is 22.7 Å². The number of aromatic nitrogens is 4. The molecule has 1 N–H and O–H groups in total. The smallest absolute Gasteiger partial charge is 0.322 e. The highest BCUT2D eigenvalue weighted by Crippen LogP contribution is 2.22. The van der Waals surface area contributed by atoms with Gasteiger partial charge in [-0.1, -0.05) is 41.5 Å². The van der Waals surface area contributed by atoms with Gasteiger partial charge in [-0.15, -0.1) is 5.10 Å². The van der Waals surface area contributed by atoms with E-state index in [1.807, 2.05) is 56.4 Å². The Morgan fingerprint density at radius 2 is 1.88 bits per heavy atom. The molecule has 2 aromatic heterocycles. The second-order valence-corrected chi connectivity index (χ2v) is 6.17. The number of benzene rings is 2. The standard InChI is InChI=1S/C19H17N5O2/c1-12(2)24-11-10-16(23-24)18-21-22-19(26-18)20-17(25)15-9-5-7-13-6-3-4-8-14(13)15/h3-12H,1-2H3,(H,20,22,25). The molecule has 2 aromatic carbocycles. The summed E-state index contributed by atoms with van der Waals surface area (Å²) in [4.78, 5) is 12.6. The molecule has 4 aromatic rings. The Kier molecular flexibility index (Phi) is 3.96. The second kappa shape index (κ2) is 6.44. The van der Waals surface area contributed by atoms with Crippen LogP contribution in [-0.2, 0) is 0 Å². The monoisotopic (exact) mass is 347 g/mol. The first-order chi connectivity index (χ1) is 12.6. The van der Waals surface area contributed by atoms with Crippen LogP contribution in [0.3, 0.4) is 0 Å². The van der Waals surface area contributed by atoms with Crippen molar-refractivity contribution in [3.05, 3.63) is 60.3 Å². The number of nitrogens with zero attached hydrogens (tertiary/aromatic N) is 4. The Morgan fingerprint density at radius 1 is 1.08 bits per heavy atom. The number of rotatable bonds is 4. The van der Waals surface area contributed by atoms with Crippen molar-refractivity contribution in [2.75, 3.05) is 5.32 Å². The maximum absolute atomic E-state index is 12.6. The fraction of sp³-hybridized carbons (Fsp3) is 0.158. The molecule has 0 radical (unpaired) electrons. The molecule has 1 amide bonds. The highest BCUT2D eigenvalue weighted by atomic mass is 16.4. The van der Waals surface area contributed by atoms with Gasteiger partial charge in [0, 0.05) is 17.8 Å². The Bertz CT molecular complexity index is 1070. The molecule has 4 rings (SSSR count). The summed E-state index contributed by atoms with van der Waals surface area (Å²) in [6, 6.07) is 15.3. The summed E-state index contributed by atoms with van der Waals surface area (Å²) in [6.07, 6.45) is 1.85. The van der Waals surface area contributed by atoms with E-state index in [9.17, 15) is 4.79 Å². The van der Waals surface area contributed by atoms with Gasteiger partial charge in [-0.2, -0.15) is 5.10 Å². The largest absolute Gasteiger partial charge is 0.401 e. The minimum atomic E-state index is -0.301. The van der Waals surface area contributed by atoms with E-state index < -0.39 is 0 Å². The fourth-order valence-corrected chi connectivity index (χ4v) is 2.70. The van der Waals surface area contributed by atoms with Crippen LogP contribution in [-0.4, -0.2) is 25.9 Å². The van der Waals surface area contributed by atoms with Gasteiger partial charge in [0.2, 0.25) is 0 Å². The number of carbonyl (C=O) groups excluding carboxylic acids is 1. The summed E-state index contributed by atoms with van der Waals surface area (Å²) >= 11 is 0. The number of amides is 1. The van der Waals surface area contributed by atoms with Gasteiger partial charge in [-0.05, 0) is 36.8 Å². The summed E-state index contributed by atoms with van der Waals surface area (Å²) in [5.74, 6) is -0.0395. The molecule has 7 nitrogen and oxygen atoms in total. The van der Waals surface area contributed by atoms with Gasteiger partial charge in [0.1, 0.15) is 5.69 Å². The van der Waals surface area contributed by atoms with E-state index in [0.717, 1.165) is 10.8 Å². The maximum atomic E-state index is 12.6. The van der Waals surface area contributed by atoms with Crippen molar-refractivity contribution in [3.8, 4) is 11.6 Å². The van der Waals surface area contributed by atoms with Crippen molar-refractivity contribution in [3.63, 3.8) is 0 Å². The minimum absolute atomic E-state index is 0.0389. The molecular formula is C19H17N5O2. The van der Waals surface area contributed by atoms with E-state index in [4.69, 9.17) is 4.42 Å². The Labute approximate surface area is 149 Å². The van der Waals surface area contributed by atoms with Gasteiger partial charge in [0.15, 0.2) is 0 Å². The van der Waals surface area contributed by atoms with Crippen molar-refractivity contribution < 1.29 is 9.21 Å². The third-order valence-corrected chi connectivity index (χ3v) is 4.04. The van der Waals surface area contributed by atoms with Crippen LogP contribution in [0.25, 0.3) is 22.4 Å². The zero-order valence-corrected chi connectivity index (χ0v) is 14.4. The van der Waals surface area contributed by atoms with Crippen molar-refractivity contribution in [1.29, 1.82) is 0 Å². The Morgan fingerprint density at radius 3 is 2.69 bits per heavy atom. The third kappa shape index (κ3) is 2.95. The Balaban J connectivity index is 1.57. The van der Waals surface area contributed by atoms with Gasteiger partial charge in [-0.25, -0.2) is 0 Å². The molecule has 0 aliphatic rings. The highest BCUT2D eigenvalue weighted by molar-refractivity contribution is 6.12. The van der Waals surface area contributed by atoms with E-state index in [2.05, 4.69) is 20.6 Å². The molecule has 0 saturated heterocycles. The second-order valence-electron chi connectivity index (χ2n) is 6.17. The first kappa shape index (κ1) is 16.0. The van der Waals surface area contributed by atoms with E-state index >= 15 is 0 Å². The van der Waals surface area contributed by atoms with Crippen LogP contribution in [0, 0.1) is 0 Å². The lowest BCUT2D eigenvalue weighted by Gasteiger charge is -2.05. The van der Waals surface area contributed by atoms with Crippen molar-refractivity contribution in [1.82, 2.24) is 20.0 Å². The van der Waals surface area contributed by atoms with E-state index in [-0.39, 0.29) is 23.9 Å². The Hall–Kier alpha value is -3.48. The van der Waals surface area contributed by atoms with Crippen molar-refractivity contribution in [2.45, 2.75) is 19.9 Å². The first-order valence-corrected chi connectivity index (χ1v) is 8.30. The van der Waals surface area contributed by atoms with Crippen molar-refractivity contribution in [2.24, 2.45) is 0 Å². The number of anilines is 1. The summed E-state index contributed by atoms with van der Waals surface area (Å²) < 4.78 is 7.34. The molecular weight excluding hydrogens is 330 g/mol. The SMILES string of the molecule is CC(C)n1ccc(-c2nnc(NC(=O)c3cccc4ccccc34)o2)n1. The predicted octanol–water partition coefficient (Wildman–Crippen LogP) is 3.92. The molecule has 26 heavy (non-hydrogen) atoms. The van der Waals surface area contributed by atoms with Crippen LogP contribution < -0.4 is 5.32 Å². The molecule has 7 heteroatoms. The molecule has 0 spiro atoms. The normalized spacial score (nSPS) is 11.2. The van der Waals surface area contributed by atoms with E-state index in [0.29, 0.717) is 11.3 Å². The maximum Gasteiger partial charge on any atom is 0.322 e. The molecule has 0 bridgehead atoms. The van der Waals surface area contributed by atoms with Gasteiger partial charge in [0.25, 0.3) is 11.8 Å². The predicted molar refractivity (Wildman–Crippen MR) is 97.8 cm³/mol.